The molecule has 0 radical (unpaired) electrons. The molecule has 2 heterocycles. The van der Waals surface area contributed by atoms with Gasteiger partial charge in [-0.25, -0.2) is 9.97 Å². The number of aromatic nitrogens is 2. The van der Waals surface area contributed by atoms with E-state index in [-0.39, 0.29) is 11.9 Å². The summed E-state index contributed by atoms with van der Waals surface area (Å²) in [6.45, 7) is 4.83. The molecule has 1 atom stereocenters. The molecule has 1 unspecified atom stereocenters. The molecule has 1 saturated heterocycles. The zero-order valence-corrected chi connectivity index (χ0v) is 12.4. The van der Waals surface area contributed by atoms with Gasteiger partial charge in [-0.15, -0.1) is 0 Å². The average molecular weight is 277 g/mol. The number of nitrogens with zero attached hydrogens (tertiary/aromatic N) is 2. The summed E-state index contributed by atoms with van der Waals surface area (Å²) < 4.78 is 0. The first-order chi connectivity index (χ1) is 9.65. The van der Waals surface area contributed by atoms with E-state index in [0.717, 1.165) is 55.3 Å². The third kappa shape index (κ3) is 3.18. The van der Waals surface area contributed by atoms with Gasteiger partial charge in [-0.05, 0) is 26.2 Å². The highest BCUT2D eigenvalue weighted by atomic mass is 16.2. The van der Waals surface area contributed by atoms with Gasteiger partial charge < -0.3 is 16.0 Å². The van der Waals surface area contributed by atoms with Gasteiger partial charge >= 0.3 is 0 Å². The molecule has 0 bridgehead atoms. The van der Waals surface area contributed by atoms with Gasteiger partial charge in [0.1, 0.15) is 23.5 Å². The van der Waals surface area contributed by atoms with Gasteiger partial charge in [0.25, 0.3) is 0 Å². The summed E-state index contributed by atoms with van der Waals surface area (Å²) in [6, 6.07) is -0.198. The second-order valence-corrected chi connectivity index (χ2v) is 5.09. The number of piperidine rings is 1. The number of carbonyl (C=O) groups is 1. The smallest absolute Gasteiger partial charge is 0.242 e. The Morgan fingerprint density at radius 2 is 2.10 bits per heavy atom. The second-order valence-electron chi connectivity index (χ2n) is 5.09. The van der Waals surface area contributed by atoms with Gasteiger partial charge in [0.05, 0.1) is 0 Å². The van der Waals surface area contributed by atoms with Crippen molar-refractivity contribution in [2.24, 2.45) is 0 Å². The molecule has 6 heteroatoms. The molecular formula is C14H23N5O. The Balaban J connectivity index is 2.24. The molecule has 2 rings (SSSR count). The first-order valence-corrected chi connectivity index (χ1v) is 7.25. The largest absolute Gasteiger partial charge is 0.373 e. The molecule has 3 N–H and O–H groups in total. The SMILES string of the molecule is CCCc1nc(NC)c(C)c(NC2CCCNC2=O)n1. The molecule has 0 aromatic carbocycles. The van der Waals surface area contributed by atoms with E-state index >= 15 is 0 Å². The van der Waals surface area contributed by atoms with Gasteiger partial charge in [-0.3, -0.25) is 4.79 Å². The van der Waals surface area contributed by atoms with Crippen LogP contribution in [0.15, 0.2) is 0 Å². The van der Waals surface area contributed by atoms with Crippen LogP contribution in [0.2, 0.25) is 0 Å². The summed E-state index contributed by atoms with van der Waals surface area (Å²) >= 11 is 0. The number of rotatable bonds is 5. The summed E-state index contributed by atoms with van der Waals surface area (Å²) in [5.41, 5.74) is 0.950. The van der Waals surface area contributed by atoms with Crippen LogP contribution in [0.1, 0.15) is 37.6 Å². The van der Waals surface area contributed by atoms with E-state index < -0.39 is 0 Å². The Labute approximate surface area is 119 Å². The highest BCUT2D eigenvalue weighted by molar-refractivity contribution is 5.85. The summed E-state index contributed by atoms with van der Waals surface area (Å²) in [4.78, 5) is 20.9. The second kappa shape index (κ2) is 6.54. The van der Waals surface area contributed by atoms with Crippen molar-refractivity contribution in [1.82, 2.24) is 15.3 Å². The number of nitrogens with one attached hydrogen (secondary N) is 3. The van der Waals surface area contributed by atoms with Crippen molar-refractivity contribution >= 4 is 17.5 Å². The topological polar surface area (TPSA) is 78.9 Å². The fourth-order valence-electron chi connectivity index (χ4n) is 2.36. The van der Waals surface area contributed by atoms with E-state index in [4.69, 9.17) is 0 Å². The van der Waals surface area contributed by atoms with Crippen LogP contribution < -0.4 is 16.0 Å². The van der Waals surface area contributed by atoms with Crippen LogP contribution in [-0.2, 0) is 11.2 Å². The van der Waals surface area contributed by atoms with Gasteiger partial charge in [0.15, 0.2) is 0 Å². The lowest BCUT2D eigenvalue weighted by molar-refractivity contribution is -0.123. The first-order valence-electron chi connectivity index (χ1n) is 7.25. The van der Waals surface area contributed by atoms with Crippen molar-refractivity contribution in [3.63, 3.8) is 0 Å². The predicted octanol–water partition coefficient (Wildman–Crippen LogP) is 1.47. The third-order valence-corrected chi connectivity index (χ3v) is 3.50. The lowest BCUT2D eigenvalue weighted by Gasteiger charge is -2.24. The van der Waals surface area contributed by atoms with Crippen LogP contribution in [0.25, 0.3) is 0 Å². The first kappa shape index (κ1) is 14.6. The molecule has 0 spiro atoms. The molecular weight excluding hydrogens is 254 g/mol. The summed E-state index contributed by atoms with van der Waals surface area (Å²) in [6.07, 6.45) is 3.66. The van der Waals surface area contributed by atoms with Crippen molar-refractivity contribution in [2.75, 3.05) is 24.2 Å². The molecule has 1 aromatic heterocycles. The normalized spacial score (nSPS) is 18.6. The molecule has 1 aliphatic heterocycles. The molecule has 0 aliphatic carbocycles. The predicted molar refractivity (Wildman–Crippen MR) is 80.0 cm³/mol. The minimum Gasteiger partial charge on any atom is -0.373 e. The van der Waals surface area contributed by atoms with Crippen LogP contribution >= 0.6 is 0 Å². The number of carbonyl (C=O) groups excluding carboxylic acids is 1. The number of anilines is 2. The molecule has 1 fully saturated rings. The van der Waals surface area contributed by atoms with Crippen molar-refractivity contribution in [1.29, 1.82) is 0 Å². The van der Waals surface area contributed by atoms with Crippen LogP contribution in [0, 0.1) is 6.92 Å². The molecule has 110 valence electrons. The lowest BCUT2D eigenvalue weighted by Crippen LogP contribution is -2.44. The van der Waals surface area contributed by atoms with Crippen molar-refractivity contribution in [3.05, 3.63) is 11.4 Å². The van der Waals surface area contributed by atoms with E-state index in [2.05, 4.69) is 32.8 Å². The zero-order chi connectivity index (χ0) is 14.5. The van der Waals surface area contributed by atoms with Crippen LogP contribution in [0.3, 0.4) is 0 Å². The number of amides is 1. The Morgan fingerprint density at radius 3 is 2.75 bits per heavy atom. The Morgan fingerprint density at radius 1 is 1.35 bits per heavy atom. The van der Waals surface area contributed by atoms with Crippen LogP contribution in [0.5, 0.6) is 0 Å². The maximum atomic E-state index is 11.8. The minimum absolute atomic E-state index is 0.0531. The molecule has 1 amide bonds. The fourth-order valence-corrected chi connectivity index (χ4v) is 2.36. The van der Waals surface area contributed by atoms with Gasteiger partial charge in [-0.1, -0.05) is 6.92 Å². The molecule has 1 aliphatic rings. The van der Waals surface area contributed by atoms with Gasteiger partial charge in [0.2, 0.25) is 5.91 Å². The summed E-state index contributed by atoms with van der Waals surface area (Å²) in [7, 11) is 1.85. The van der Waals surface area contributed by atoms with Crippen molar-refractivity contribution in [2.45, 2.75) is 45.6 Å². The lowest BCUT2D eigenvalue weighted by atomic mass is 10.1. The molecule has 20 heavy (non-hydrogen) atoms. The van der Waals surface area contributed by atoms with E-state index in [1.165, 1.54) is 0 Å². The number of aryl methyl sites for hydroxylation is 1. The minimum atomic E-state index is -0.198. The van der Waals surface area contributed by atoms with E-state index in [1.54, 1.807) is 0 Å². The Bertz CT molecular complexity index is 489. The van der Waals surface area contributed by atoms with Gasteiger partial charge in [-0.2, -0.15) is 0 Å². The molecule has 6 nitrogen and oxygen atoms in total. The number of hydrogen-bond acceptors (Lipinski definition) is 5. The maximum absolute atomic E-state index is 11.8. The van der Waals surface area contributed by atoms with Crippen molar-refractivity contribution < 1.29 is 4.79 Å². The van der Waals surface area contributed by atoms with Gasteiger partial charge in [0, 0.05) is 25.6 Å². The quantitative estimate of drug-likeness (QED) is 0.759. The van der Waals surface area contributed by atoms with E-state index in [1.807, 2.05) is 14.0 Å². The monoisotopic (exact) mass is 277 g/mol. The Hall–Kier alpha value is -1.85. The number of hydrogen-bond donors (Lipinski definition) is 3. The van der Waals surface area contributed by atoms with E-state index in [9.17, 15) is 4.79 Å². The van der Waals surface area contributed by atoms with E-state index in [0.29, 0.717) is 0 Å². The summed E-state index contributed by atoms with van der Waals surface area (Å²) in [5, 5.41) is 9.24. The standard InChI is InChI=1S/C14H23N5O/c1-4-6-11-18-12(15-3)9(2)13(19-11)17-10-7-5-8-16-14(10)20/h10H,4-8H2,1-3H3,(H,16,20)(H2,15,17,18,19). The summed E-state index contributed by atoms with van der Waals surface area (Å²) in [5.74, 6) is 2.44. The van der Waals surface area contributed by atoms with Crippen LogP contribution in [0.4, 0.5) is 11.6 Å². The van der Waals surface area contributed by atoms with Crippen molar-refractivity contribution in [3.8, 4) is 0 Å². The average Bonchev–Trinajstić information content (AvgIpc) is 2.45. The highest BCUT2D eigenvalue weighted by Gasteiger charge is 2.23. The fraction of sp³-hybridized carbons (Fsp3) is 0.643. The molecule has 1 aromatic rings. The maximum Gasteiger partial charge on any atom is 0.242 e. The Kier molecular flexibility index (Phi) is 4.76. The molecule has 0 saturated carbocycles. The third-order valence-electron chi connectivity index (χ3n) is 3.50. The highest BCUT2D eigenvalue weighted by Crippen LogP contribution is 2.22. The van der Waals surface area contributed by atoms with Crippen LogP contribution in [-0.4, -0.2) is 35.5 Å². The zero-order valence-electron chi connectivity index (χ0n) is 12.4.